The second-order valence-corrected chi connectivity index (χ2v) is 5.43. The van der Waals surface area contributed by atoms with Gasteiger partial charge in [0.2, 0.25) is 5.43 Å². The van der Waals surface area contributed by atoms with E-state index in [9.17, 15) is 4.79 Å². The first-order valence-corrected chi connectivity index (χ1v) is 7.16. The predicted molar refractivity (Wildman–Crippen MR) is 86.7 cm³/mol. The molecule has 0 aliphatic heterocycles. The van der Waals surface area contributed by atoms with Crippen LogP contribution in [-0.2, 0) is 0 Å². The quantitative estimate of drug-likeness (QED) is 0.587. The average Bonchev–Trinajstić information content (AvgIpc) is 2.85. The standard InChI is InChI=1S/C16H11ClN4O/c1-9-13-15(22)14-10(17)5-4-6-11(14)19-16(13)21(20-9)12-7-2-3-8-18-12/h2-8H,1H3,(H,19,22). The van der Waals surface area contributed by atoms with Crippen LogP contribution in [0.3, 0.4) is 0 Å². The number of halogens is 1. The van der Waals surface area contributed by atoms with E-state index in [4.69, 9.17) is 11.6 Å². The first-order chi connectivity index (χ1) is 10.7. The van der Waals surface area contributed by atoms with E-state index in [1.807, 2.05) is 24.3 Å². The second kappa shape index (κ2) is 4.68. The lowest BCUT2D eigenvalue weighted by Crippen LogP contribution is -2.06. The van der Waals surface area contributed by atoms with Crippen molar-refractivity contribution in [3.63, 3.8) is 0 Å². The molecule has 0 amide bonds. The fraction of sp³-hybridized carbons (Fsp3) is 0.0625. The van der Waals surface area contributed by atoms with Gasteiger partial charge < -0.3 is 4.98 Å². The van der Waals surface area contributed by atoms with Crippen molar-refractivity contribution in [2.45, 2.75) is 6.92 Å². The highest BCUT2D eigenvalue weighted by Gasteiger charge is 2.16. The molecule has 3 heterocycles. The zero-order valence-electron chi connectivity index (χ0n) is 11.7. The summed E-state index contributed by atoms with van der Waals surface area (Å²) in [5, 5.41) is 5.91. The van der Waals surface area contributed by atoms with Gasteiger partial charge in [0, 0.05) is 6.20 Å². The molecule has 4 rings (SSSR count). The van der Waals surface area contributed by atoms with Crippen molar-refractivity contribution in [3.8, 4) is 5.82 Å². The summed E-state index contributed by atoms with van der Waals surface area (Å²) in [4.78, 5) is 20.3. The third-order valence-electron chi connectivity index (χ3n) is 3.65. The molecule has 1 aromatic carbocycles. The first kappa shape index (κ1) is 13.0. The van der Waals surface area contributed by atoms with Crippen LogP contribution in [0.1, 0.15) is 5.69 Å². The molecular weight excluding hydrogens is 300 g/mol. The number of fused-ring (bicyclic) bond motifs is 2. The van der Waals surface area contributed by atoms with Gasteiger partial charge in [0.15, 0.2) is 5.82 Å². The molecule has 0 aliphatic rings. The molecular formula is C16H11ClN4O. The van der Waals surface area contributed by atoms with Crippen LogP contribution in [0.25, 0.3) is 27.8 Å². The van der Waals surface area contributed by atoms with Gasteiger partial charge in [0.05, 0.1) is 27.0 Å². The summed E-state index contributed by atoms with van der Waals surface area (Å²) in [6.07, 6.45) is 1.69. The lowest BCUT2D eigenvalue weighted by molar-refractivity contribution is 0.849. The van der Waals surface area contributed by atoms with Gasteiger partial charge in [0.25, 0.3) is 0 Å². The molecule has 3 aromatic heterocycles. The molecule has 0 atom stereocenters. The molecule has 6 heteroatoms. The number of nitrogens with one attached hydrogen (secondary N) is 1. The first-order valence-electron chi connectivity index (χ1n) is 6.78. The highest BCUT2D eigenvalue weighted by atomic mass is 35.5. The molecule has 0 fully saturated rings. The third-order valence-corrected chi connectivity index (χ3v) is 3.96. The number of H-pyrrole nitrogens is 1. The molecule has 4 aromatic rings. The Labute approximate surface area is 130 Å². The van der Waals surface area contributed by atoms with Crippen molar-refractivity contribution in [2.24, 2.45) is 0 Å². The van der Waals surface area contributed by atoms with Gasteiger partial charge in [0.1, 0.15) is 5.65 Å². The molecule has 108 valence electrons. The highest BCUT2D eigenvalue weighted by molar-refractivity contribution is 6.35. The van der Waals surface area contributed by atoms with E-state index >= 15 is 0 Å². The zero-order chi connectivity index (χ0) is 15.3. The van der Waals surface area contributed by atoms with E-state index in [1.165, 1.54) is 0 Å². The fourth-order valence-corrected chi connectivity index (χ4v) is 2.93. The predicted octanol–water partition coefficient (Wildman–Crippen LogP) is 3.22. The monoisotopic (exact) mass is 310 g/mol. The maximum absolute atomic E-state index is 12.8. The zero-order valence-corrected chi connectivity index (χ0v) is 12.4. The Morgan fingerprint density at radius 1 is 1.14 bits per heavy atom. The van der Waals surface area contributed by atoms with E-state index in [0.717, 1.165) is 0 Å². The molecule has 0 saturated heterocycles. The molecule has 0 spiro atoms. The van der Waals surface area contributed by atoms with Gasteiger partial charge in [-0.3, -0.25) is 4.79 Å². The minimum absolute atomic E-state index is 0.117. The Morgan fingerprint density at radius 3 is 2.77 bits per heavy atom. The Balaban J connectivity index is 2.20. The summed E-state index contributed by atoms with van der Waals surface area (Å²) in [6, 6.07) is 10.9. The summed E-state index contributed by atoms with van der Waals surface area (Å²) in [6.45, 7) is 1.81. The molecule has 0 saturated carbocycles. The van der Waals surface area contributed by atoms with Crippen molar-refractivity contribution in [1.29, 1.82) is 0 Å². The Morgan fingerprint density at radius 2 is 2.00 bits per heavy atom. The maximum Gasteiger partial charge on any atom is 0.202 e. The molecule has 0 bridgehead atoms. The molecule has 0 unspecified atom stereocenters. The topological polar surface area (TPSA) is 63.6 Å². The van der Waals surface area contributed by atoms with Crippen LogP contribution in [0.5, 0.6) is 0 Å². The van der Waals surface area contributed by atoms with Crippen LogP contribution in [-0.4, -0.2) is 19.7 Å². The minimum atomic E-state index is -0.117. The molecule has 1 N–H and O–H groups in total. The largest absolute Gasteiger partial charge is 0.339 e. The maximum atomic E-state index is 12.8. The molecule has 5 nitrogen and oxygen atoms in total. The number of pyridine rings is 2. The average molecular weight is 311 g/mol. The summed E-state index contributed by atoms with van der Waals surface area (Å²) >= 11 is 6.18. The Bertz CT molecular complexity index is 1070. The van der Waals surface area contributed by atoms with Gasteiger partial charge in [-0.1, -0.05) is 23.7 Å². The van der Waals surface area contributed by atoms with E-state index < -0.39 is 0 Å². The Kier molecular flexibility index (Phi) is 2.77. The number of benzene rings is 1. The fourth-order valence-electron chi connectivity index (χ4n) is 2.67. The lowest BCUT2D eigenvalue weighted by atomic mass is 10.1. The van der Waals surface area contributed by atoms with Crippen molar-refractivity contribution >= 4 is 33.5 Å². The van der Waals surface area contributed by atoms with Gasteiger partial charge in [-0.15, -0.1) is 0 Å². The smallest absolute Gasteiger partial charge is 0.202 e. The van der Waals surface area contributed by atoms with Crippen molar-refractivity contribution in [3.05, 3.63) is 63.5 Å². The van der Waals surface area contributed by atoms with Crippen LogP contribution in [0.2, 0.25) is 5.02 Å². The molecule has 22 heavy (non-hydrogen) atoms. The van der Waals surface area contributed by atoms with E-state index in [1.54, 1.807) is 29.9 Å². The molecule has 0 aliphatic carbocycles. The van der Waals surface area contributed by atoms with Gasteiger partial charge in [-0.05, 0) is 31.2 Å². The van der Waals surface area contributed by atoms with Crippen molar-refractivity contribution < 1.29 is 0 Å². The normalized spacial score (nSPS) is 11.4. The van der Waals surface area contributed by atoms with Crippen LogP contribution in [0.4, 0.5) is 0 Å². The summed E-state index contributed by atoms with van der Waals surface area (Å²) in [5.41, 5.74) is 1.83. The highest BCUT2D eigenvalue weighted by Crippen LogP contribution is 2.24. The number of aromatic amines is 1. The van der Waals surface area contributed by atoms with E-state index in [-0.39, 0.29) is 5.43 Å². The van der Waals surface area contributed by atoms with Crippen LogP contribution >= 0.6 is 11.6 Å². The van der Waals surface area contributed by atoms with Gasteiger partial charge in [-0.25, -0.2) is 4.98 Å². The summed E-state index contributed by atoms with van der Waals surface area (Å²) in [5.74, 6) is 0.651. The second-order valence-electron chi connectivity index (χ2n) is 5.03. The van der Waals surface area contributed by atoms with E-state index in [2.05, 4.69) is 15.1 Å². The van der Waals surface area contributed by atoms with Crippen molar-refractivity contribution in [2.75, 3.05) is 0 Å². The number of aryl methyl sites for hydroxylation is 1. The SMILES string of the molecule is Cc1nn(-c2ccccn2)c2[nH]c3cccc(Cl)c3c(=O)c12. The minimum Gasteiger partial charge on any atom is -0.339 e. The van der Waals surface area contributed by atoms with Gasteiger partial charge >= 0.3 is 0 Å². The number of hydrogen-bond donors (Lipinski definition) is 1. The number of hydrogen-bond acceptors (Lipinski definition) is 3. The van der Waals surface area contributed by atoms with Crippen molar-refractivity contribution in [1.82, 2.24) is 19.7 Å². The molecule has 0 radical (unpaired) electrons. The lowest BCUT2D eigenvalue weighted by Gasteiger charge is -2.04. The van der Waals surface area contributed by atoms with Crippen LogP contribution < -0.4 is 5.43 Å². The van der Waals surface area contributed by atoms with Gasteiger partial charge in [-0.2, -0.15) is 9.78 Å². The third kappa shape index (κ3) is 1.76. The van der Waals surface area contributed by atoms with E-state index in [0.29, 0.717) is 38.5 Å². The van der Waals surface area contributed by atoms with Crippen LogP contribution in [0.15, 0.2) is 47.4 Å². The number of nitrogens with zero attached hydrogens (tertiary/aromatic N) is 3. The number of rotatable bonds is 1. The van der Waals surface area contributed by atoms with Crippen LogP contribution in [0, 0.1) is 6.92 Å². The Hall–Kier alpha value is -2.66. The number of aromatic nitrogens is 4. The summed E-state index contributed by atoms with van der Waals surface area (Å²) in [7, 11) is 0. The summed E-state index contributed by atoms with van der Waals surface area (Å²) < 4.78 is 1.65.